The largest absolute Gasteiger partial charge is 0.458 e. The number of hydrogen-bond acceptors (Lipinski definition) is 5. The number of likely N-dealkylation sites (tertiary alicyclic amines) is 1. The van der Waals surface area contributed by atoms with E-state index in [-0.39, 0.29) is 22.3 Å². The lowest BCUT2D eigenvalue weighted by Gasteiger charge is -2.26. The van der Waals surface area contributed by atoms with Crippen LogP contribution in [0.2, 0.25) is 0 Å². The van der Waals surface area contributed by atoms with Crippen molar-refractivity contribution < 1.29 is 17.6 Å². The number of carbonyl (C=O) groups is 1. The smallest absolute Gasteiger partial charge is 0.265 e. The van der Waals surface area contributed by atoms with Gasteiger partial charge in [0.25, 0.3) is 15.9 Å². The number of piperidine rings is 1. The van der Waals surface area contributed by atoms with Crippen molar-refractivity contribution in [2.75, 3.05) is 17.8 Å². The number of aromatic nitrogens is 2. The van der Waals surface area contributed by atoms with Crippen molar-refractivity contribution in [1.29, 1.82) is 0 Å². The first kappa shape index (κ1) is 20.2. The third-order valence-corrected chi connectivity index (χ3v) is 6.78. The Morgan fingerprint density at radius 1 is 1.17 bits per heavy atom. The van der Waals surface area contributed by atoms with E-state index >= 15 is 0 Å². The van der Waals surface area contributed by atoms with Crippen molar-refractivity contribution in [2.24, 2.45) is 0 Å². The Morgan fingerprint density at radius 3 is 2.63 bits per heavy atom. The molecule has 0 unspecified atom stereocenters. The number of carbonyl (C=O) groups excluding carboxylic acids is 1. The van der Waals surface area contributed by atoms with Crippen LogP contribution in [-0.2, 0) is 10.0 Å². The van der Waals surface area contributed by atoms with E-state index in [0.717, 1.165) is 24.8 Å². The molecule has 0 bridgehead atoms. The van der Waals surface area contributed by atoms with Gasteiger partial charge < -0.3 is 9.32 Å². The van der Waals surface area contributed by atoms with E-state index in [1.807, 2.05) is 19.1 Å². The Labute approximate surface area is 175 Å². The van der Waals surface area contributed by atoms with E-state index in [0.29, 0.717) is 30.0 Å². The maximum Gasteiger partial charge on any atom is 0.265 e. The molecule has 4 rings (SSSR count). The second kappa shape index (κ2) is 7.98. The highest BCUT2D eigenvalue weighted by Gasteiger charge is 2.27. The highest BCUT2D eigenvalue weighted by Crippen LogP contribution is 2.31. The first-order chi connectivity index (χ1) is 14.4. The second-order valence-electron chi connectivity index (χ2n) is 7.46. The van der Waals surface area contributed by atoms with Crippen LogP contribution in [-0.4, -0.2) is 42.5 Å². The molecule has 0 saturated carbocycles. The fraction of sp³-hybridized carbons (Fsp3) is 0.333. The summed E-state index contributed by atoms with van der Waals surface area (Å²) in [5.41, 5.74) is 2.07. The summed E-state index contributed by atoms with van der Waals surface area (Å²) in [5, 5.41) is 6.78. The quantitative estimate of drug-likeness (QED) is 0.644. The monoisotopic (exact) mass is 428 g/mol. The molecule has 1 fully saturated rings. The van der Waals surface area contributed by atoms with Gasteiger partial charge in [-0.15, -0.1) is 0 Å². The zero-order chi connectivity index (χ0) is 21.3. The predicted octanol–water partition coefficient (Wildman–Crippen LogP) is 3.71. The number of nitrogens with one attached hydrogen (secondary N) is 2. The highest BCUT2D eigenvalue weighted by atomic mass is 32.2. The van der Waals surface area contributed by atoms with Gasteiger partial charge in [-0.25, -0.2) is 8.42 Å². The zero-order valence-corrected chi connectivity index (χ0v) is 17.8. The Balaban J connectivity index is 1.64. The molecule has 0 radical (unpaired) electrons. The molecule has 1 amide bonds. The molecular weight excluding hydrogens is 404 g/mol. The molecule has 3 aromatic rings. The summed E-state index contributed by atoms with van der Waals surface area (Å²) in [6, 6.07) is 8.56. The standard InChI is InChI=1S/C21H24N4O4S/c1-14-8-4-5-9-17(14)24-30(27,28)19-12-18(29-15(19)2)20-16(13-22-23-20)21(26)25-10-6-3-7-11-25/h4-5,8-9,12-13,24H,3,6-7,10-11H2,1-2H3,(H,22,23). The fourth-order valence-electron chi connectivity index (χ4n) is 3.65. The van der Waals surface area contributed by atoms with Crippen LogP contribution < -0.4 is 4.72 Å². The Morgan fingerprint density at radius 2 is 1.90 bits per heavy atom. The lowest BCUT2D eigenvalue weighted by atomic mass is 10.1. The second-order valence-corrected chi connectivity index (χ2v) is 9.11. The van der Waals surface area contributed by atoms with Gasteiger partial charge >= 0.3 is 0 Å². The van der Waals surface area contributed by atoms with Crippen LogP contribution in [0, 0.1) is 13.8 Å². The first-order valence-electron chi connectivity index (χ1n) is 9.89. The normalized spacial score (nSPS) is 14.7. The van der Waals surface area contributed by atoms with Crippen molar-refractivity contribution in [3.63, 3.8) is 0 Å². The van der Waals surface area contributed by atoms with E-state index in [1.54, 1.807) is 24.0 Å². The van der Waals surface area contributed by atoms with Crippen LogP contribution in [0.1, 0.15) is 40.9 Å². The Hall–Kier alpha value is -3.07. The summed E-state index contributed by atoms with van der Waals surface area (Å²) >= 11 is 0. The number of sulfonamides is 1. The van der Waals surface area contributed by atoms with Gasteiger partial charge in [0.1, 0.15) is 16.3 Å². The molecule has 0 aliphatic carbocycles. The molecule has 3 heterocycles. The summed E-state index contributed by atoms with van der Waals surface area (Å²) in [6.45, 7) is 4.83. The predicted molar refractivity (Wildman–Crippen MR) is 113 cm³/mol. The van der Waals surface area contributed by atoms with Crippen LogP contribution in [0.15, 0.2) is 45.8 Å². The fourth-order valence-corrected chi connectivity index (χ4v) is 4.96. The molecule has 1 aliphatic heterocycles. The molecule has 1 aliphatic rings. The van der Waals surface area contributed by atoms with Gasteiger partial charge in [-0.1, -0.05) is 18.2 Å². The number of aryl methyl sites for hydroxylation is 2. The summed E-state index contributed by atoms with van der Waals surface area (Å²) in [4.78, 5) is 14.7. The molecule has 1 saturated heterocycles. The van der Waals surface area contributed by atoms with Crippen molar-refractivity contribution in [3.05, 3.63) is 53.4 Å². The lowest BCUT2D eigenvalue weighted by Crippen LogP contribution is -2.35. The Kier molecular flexibility index (Phi) is 5.38. The van der Waals surface area contributed by atoms with Crippen molar-refractivity contribution in [1.82, 2.24) is 15.1 Å². The van der Waals surface area contributed by atoms with Crippen LogP contribution in [0.25, 0.3) is 11.5 Å². The van der Waals surface area contributed by atoms with Gasteiger partial charge in [0.15, 0.2) is 5.76 Å². The molecule has 0 atom stereocenters. The number of hydrogen-bond donors (Lipinski definition) is 2. The number of furan rings is 1. The number of benzene rings is 1. The van der Waals surface area contributed by atoms with Gasteiger partial charge in [-0.3, -0.25) is 14.6 Å². The van der Waals surface area contributed by atoms with E-state index in [2.05, 4.69) is 14.9 Å². The molecule has 9 heteroatoms. The molecule has 30 heavy (non-hydrogen) atoms. The minimum absolute atomic E-state index is 0.0201. The van der Waals surface area contributed by atoms with Gasteiger partial charge in [0.05, 0.1) is 17.4 Å². The summed E-state index contributed by atoms with van der Waals surface area (Å²) in [6.07, 6.45) is 4.54. The molecule has 2 N–H and O–H groups in total. The zero-order valence-electron chi connectivity index (χ0n) is 16.9. The van der Waals surface area contributed by atoms with E-state index in [4.69, 9.17) is 4.42 Å². The number of nitrogens with zero attached hydrogens (tertiary/aromatic N) is 2. The third-order valence-electron chi connectivity index (χ3n) is 5.31. The molecule has 158 valence electrons. The first-order valence-corrected chi connectivity index (χ1v) is 11.4. The van der Waals surface area contributed by atoms with Crippen LogP contribution in [0.3, 0.4) is 0 Å². The lowest BCUT2D eigenvalue weighted by molar-refractivity contribution is 0.0725. The van der Waals surface area contributed by atoms with Gasteiger partial charge in [0, 0.05) is 19.2 Å². The minimum Gasteiger partial charge on any atom is -0.458 e. The molecule has 8 nitrogen and oxygen atoms in total. The van der Waals surface area contributed by atoms with Gasteiger partial charge in [-0.2, -0.15) is 5.10 Å². The average Bonchev–Trinajstić information content (AvgIpc) is 3.36. The number of amides is 1. The van der Waals surface area contributed by atoms with Gasteiger partial charge in [0.2, 0.25) is 0 Å². The number of H-pyrrole nitrogens is 1. The summed E-state index contributed by atoms with van der Waals surface area (Å²) < 4.78 is 34.2. The Bertz CT molecular complexity index is 1170. The summed E-state index contributed by atoms with van der Waals surface area (Å²) in [5.74, 6) is 0.363. The average molecular weight is 429 g/mol. The SMILES string of the molecule is Cc1ccccc1NS(=O)(=O)c1cc(-c2[nH]ncc2C(=O)N2CCCCC2)oc1C. The molecule has 1 aromatic carbocycles. The minimum atomic E-state index is -3.86. The van der Waals surface area contributed by atoms with Crippen LogP contribution >= 0.6 is 0 Å². The van der Waals surface area contributed by atoms with Crippen molar-refractivity contribution >= 4 is 21.6 Å². The van der Waals surface area contributed by atoms with E-state index in [1.165, 1.54) is 12.3 Å². The molecule has 2 aromatic heterocycles. The topological polar surface area (TPSA) is 108 Å². The van der Waals surface area contributed by atoms with Crippen molar-refractivity contribution in [2.45, 2.75) is 38.0 Å². The van der Waals surface area contributed by atoms with E-state index < -0.39 is 10.0 Å². The van der Waals surface area contributed by atoms with E-state index in [9.17, 15) is 13.2 Å². The summed E-state index contributed by atoms with van der Waals surface area (Å²) in [7, 11) is -3.86. The highest BCUT2D eigenvalue weighted by molar-refractivity contribution is 7.92. The van der Waals surface area contributed by atoms with Gasteiger partial charge in [-0.05, 0) is 44.7 Å². The number of anilines is 1. The number of aromatic amines is 1. The molecular formula is C21H24N4O4S. The third kappa shape index (κ3) is 3.85. The molecule has 0 spiro atoms. The number of para-hydroxylation sites is 1. The van der Waals surface area contributed by atoms with Crippen LogP contribution in [0.4, 0.5) is 5.69 Å². The maximum absolute atomic E-state index is 13.0. The van der Waals surface area contributed by atoms with Crippen molar-refractivity contribution in [3.8, 4) is 11.5 Å². The van der Waals surface area contributed by atoms with Crippen LogP contribution in [0.5, 0.6) is 0 Å². The number of rotatable bonds is 5. The maximum atomic E-state index is 13.0.